The van der Waals surface area contributed by atoms with Gasteiger partial charge < -0.3 is 4.90 Å². The highest BCUT2D eigenvalue weighted by molar-refractivity contribution is 5.85. The van der Waals surface area contributed by atoms with Crippen molar-refractivity contribution in [2.24, 2.45) is 0 Å². The first kappa shape index (κ1) is 16.2. The molecule has 0 saturated carbocycles. The lowest BCUT2D eigenvalue weighted by Crippen LogP contribution is -2.44. The maximum Gasteiger partial charge on any atom is 0.150 e. The lowest BCUT2D eigenvalue weighted by atomic mass is 9.99. The van der Waals surface area contributed by atoms with Crippen LogP contribution in [0.25, 0.3) is 0 Å². The highest BCUT2D eigenvalue weighted by Gasteiger charge is 2.15. The zero-order valence-corrected chi connectivity index (χ0v) is 12.8. The largest absolute Gasteiger partial charge is 0.304 e. The van der Waals surface area contributed by atoms with Crippen molar-refractivity contribution in [1.82, 2.24) is 9.80 Å². The van der Waals surface area contributed by atoms with Crippen LogP contribution in [0.3, 0.4) is 0 Å². The van der Waals surface area contributed by atoms with Gasteiger partial charge in [-0.1, -0.05) is 11.6 Å². The molecule has 2 rings (SSSR count). The Hall–Kier alpha value is -0.900. The van der Waals surface area contributed by atoms with Crippen molar-refractivity contribution in [2.45, 2.75) is 20.4 Å². The number of halogens is 1. The van der Waals surface area contributed by atoms with Gasteiger partial charge in [-0.2, -0.15) is 0 Å². The molecule has 0 aliphatic carbocycles. The Labute approximate surface area is 122 Å². The zero-order valence-electron chi connectivity index (χ0n) is 12.0. The number of benzene rings is 1. The van der Waals surface area contributed by atoms with Crippen molar-refractivity contribution in [3.63, 3.8) is 0 Å². The van der Waals surface area contributed by atoms with Crippen LogP contribution < -0.4 is 0 Å². The van der Waals surface area contributed by atoms with Crippen molar-refractivity contribution in [2.75, 3.05) is 33.2 Å². The SMILES string of the molecule is Cc1cc(C=O)c(C)c(CN2CCN(C)CC2)c1.Cl. The predicted molar refractivity (Wildman–Crippen MR) is 81.3 cm³/mol. The van der Waals surface area contributed by atoms with Gasteiger partial charge in [0.05, 0.1) is 0 Å². The normalized spacial score (nSPS) is 17.0. The highest BCUT2D eigenvalue weighted by atomic mass is 35.5. The fourth-order valence-electron chi connectivity index (χ4n) is 2.50. The minimum atomic E-state index is 0. The van der Waals surface area contributed by atoms with Crippen molar-refractivity contribution in [3.05, 3.63) is 34.4 Å². The molecule has 1 aliphatic rings. The van der Waals surface area contributed by atoms with E-state index in [4.69, 9.17) is 0 Å². The molecule has 0 aromatic heterocycles. The molecular formula is C15H23ClN2O. The van der Waals surface area contributed by atoms with E-state index in [-0.39, 0.29) is 12.4 Å². The van der Waals surface area contributed by atoms with Gasteiger partial charge in [0.25, 0.3) is 0 Å². The molecule has 1 aromatic rings. The molecule has 19 heavy (non-hydrogen) atoms. The molecule has 1 saturated heterocycles. The van der Waals surface area contributed by atoms with Gasteiger partial charge in [-0.15, -0.1) is 12.4 Å². The maximum atomic E-state index is 11.0. The molecule has 1 heterocycles. The van der Waals surface area contributed by atoms with Gasteiger partial charge in [-0.25, -0.2) is 0 Å². The standard InChI is InChI=1S/C15H22N2O.ClH/c1-12-8-14(13(2)15(9-12)11-18)10-17-6-4-16(3)5-7-17;/h8-9,11H,4-7,10H2,1-3H3;1H. The molecule has 0 amide bonds. The second-order valence-corrected chi connectivity index (χ2v) is 5.34. The van der Waals surface area contributed by atoms with Gasteiger partial charge in [-0.3, -0.25) is 9.69 Å². The van der Waals surface area contributed by atoms with Crippen molar-refractivity contribution in [1.29, 1.82) is 0 Å². The molecule has 0 unspecified atom stereocenters. The number of likely N-dealkylation sites (N-methyl/N-ethyl adjacent to an activating group) is 1. The number of piperazine rings is 1. The van der Waals surface area contributed by atoms with Crippen LogP contribution in [0, 0.1) is 13.8 Å². The summed E-state index contributed by atoms with van der Waals surface area (Å²) >= 11 is 0. The molecule has 1 fully saturated rings. The van der Waals surface area contributed by atoms with E-state index in [0.717, 1.165) is 50.1 Å². The molecule has 106 valence electrons. The molecular weight excluding hydrogens is 260 g/mol. The number of hydrogen-bond acceptors (Lipinski definition) is 3. The third kappa shape index (κ3) is 4.03. The molecule has 0 N–H and O–H groups in total. The van der Waals surface area contributed by atoms with Crippen molar-refractivity contribution < 1.29 is 4.79 Å². The van der Waals surface area contributed by atoms with E-state index in [1.165, 1.54) is 11.1 Å². The first-order chi connectivity index (χ1) is 8.60. The lowest BCUT2D eigenvalue weighted by Gasteiger charge is -2.32. The van der Waals surface area contributed by atoms with Crippen LogP contribution in [0.2, 0.25) is 0 Å². The van der Waals surface area contributed by atoms with Crippen LogP contribution in [-0.2, 0) is 6.54 Å². The van der Waals surface area contributed by atoms with Crippen LogP contribution in [0.4, 0.5) is 0 Å². The number of aldehydes is 1. The fraction of sp³-hybridized carbons (Fsp3) is 0.533. The van der Waals surface area contributed by atoms with E-state index in [1.54, 1.807) is 0 Å². The number of hydrogen-bond donors (Lipinski definition) is 0. The summed E-state index contributed by atoms with van der Waals surface area (Å²) in [5, 5.41) is 0. The summed E-state index contributed by atoms with van der Waals surface area (Å²) in [6.07, 6.45) is 0.968. The Balaban J connectivity index is 0.00000180. The molecule has 1 aromatic carbocycles. The second kappa shape index (κ2) is 7.04. The first-order valence-corrected chi connectivity index (χ1v) is 6.56. The quantitative estimate of drug-likeness (QED) is 0.795. The third-order valence-electron chi connectivity index (χ3n) is 3.82. The van der Waals surface area contributed by atoms with E-state index in [1.807, 2.05) is 6.07 Å². The van der Waals surface area contributed by atoms with E-state index in [0.29, 0.717) is 0 Å². The minimum Gasteiger partial charge on any atom is -0.304 e. The summed E-state index contributed by atoms with van der Waals surface area (Å²) in [7, 11) is 2.17. The topological polar surface area (TPSA) is 23.6 Å². The lowest BCUT2D eigenvalue weighted by molar-refractivity contribution is 0.112. The Morgan fingerprint density at radius 1 is 1.16 bits per heavy atom. The first-order valence-electron chi connectivity index (χ1n) is 6.56. The molecule has 1 aliphatic heterocycles. The highest BCUT2D eigenvalue weighted by Crippen LogP contribution is 2.18. The molecule has 0 atom stereocenters. The van der Waals surface area contributed by atoms with Crippen LogP contribution in [-0.4, -0.2) is 49.3 Å². The summed E-state index contributed by atoms with van der Waals surface area (Å²) in [6, 6.07) is 4.18. The molecule has 4 heteroatoms. The number of carbonyl (C=O) groups excluding carboxylic acids is 1. The molecule has 0 spiro atoms. The number of aryl methyl sites for hydroxylation is 1. The fourth-order valence-corrected chi connectivity index (χ4v) is 2.50. The average molecular weight is 283 g/mol. The van der Waals surface area contributed by atoms with Crippen LogP contribution in [0.5, 0.6) is 0 Å². The van der Waals surface area contributed by atoms with Crippen LogP contribution in [0.15, 0.2) is 12.1 Å². The summed E-state index contributed by atoms with van der Waals surface area (Å²) < 4.78 is 0. The zero-order chi connectivity index (χ0) is 13.1. The number of nitrogens with zero attached hydrogens (tertiary/aromatic N) is 2. The number of rotatable bonds is 3. The molecule has 0 radical (unpaired) electrons. The predicted octanol–water partition coefficient (Wildman–Crippen LogP) is 2.29. The van der Waals surface area contributed by atoms with E-state index in [9.17, 15) is 4.79 Å². The van der Waals surface area contributed by atoms with Gasteiger partial charge in [-0.05, 0) is 38.1 Å². The smallest absolute Gasteiger partial charge is 0.150 e. The monoisotopic (exact) mass is 282 g/mol. The summed E-state index contributed by atoms with van der Waals surface area (Å²) in [4.78, 5) is 15.9. The van der Waals surface area contributed by atoms with Crippen LogP contribution >= 0.6 is 12.4 Å². The van der Waals surface area contributed by atoms with E-state index >= 15 is 0 Å². The Kier molecular flexibility index (Phi) is 5.98. The Morgan fingerprint density at radius 3 is 2.37 bits per heavy atom. The van der Waals surface area contributed by atoms with E-state index in [2.05, 4.69) is 36.8 Å². The Morgan fingerprint density at radius 2 is 1.79 bits per heavy atom. The summed E-state index contributed by atoms with van der Waals surface area (Å²) in [6.45, 7) is 9.55. The van der Waals surface area contributed by atoms with Crippen molar-refractivity contribution >= 4 is 18.7 Å². The minimum absolute atomic E-state index is 0. The second-order valence-electron chi connectivity index (χ2n) is 5.34. The van der Waals surface area contributed by atoms with Gasteiger partial charge in [0, 0.05) is 38.3 Å². The average Bonchev–Trinajstić information content (AvgIpc) is 2.36. The van der Waals surface area contributed by atoms with Crippen LogP contribution in [0.1, 0.15) is 27.0 Å². The molecule has 0 bridgehead atoms. The van der Waals surface area contributed by atoms with Gasteiger partial charge in [0.15, 0.2) is 0 Å². The summed E-state index contributed by atoms with van der Waals surface area (Å²) in [5.41, 5.74) is 4.43. The molecule has 3 nitrogen and oxygen atoms in total. The number of carbonyl (C=O) groups is 1. The van der Waals surface area contributed by atoms with Gasteiger partial charge in [0.2, 0.25) is 0 Å². The Bertz CT molecular complexity index is 440. The van der Waals surface area contributed by atoms with Gasteiger partial charge in [0.1, 0.15) is 6.29 Å². The maximum absolute atomic E-state index is 11.0. The van der Waals surface area contributed by atoms with Crippen molar-refractivity contribution in [3.8, 4) is 0 Å². The van der Waals surface area contributed by atoms with Gasteiger partial charge >= 0.3 is 0 Å². The third-order valence-corrected chi connectivity index (χ3v) is 3.82. The summed E-state index contributed by atoms with van der Waals surface area (Å²) in [5.74, 6) is 0. The van der Waals surface area contributed by atoms with E-state index < -0.39 is 0 Å².